The first kappa shape index (κ1) is 27.3. The zero-order valence-electron chi connectivity index (χ0n) is 19.9. The predicted octanol–water partition coefficient (Wildman–Crippen LogP) is 8.14. The summed E-state index contributed by atoms with van der Waals surface area (Å²) in [5.41, 5.74) is 0.226. The molecule has 0 amide bonds. The van der Waals surface area contributed by atoms with Crippen LogP contribution in [0.25, 0.3) is 11.1 Å². The SMILES string of the molecule is C=CCOc1ccc(-c2ccc(C#Cc3cc(F)c(C(F)(F)Oc4cc(F)c(F)c(F)c4)c(F)c3)cc2)cc1. The first-order valence-electron chi connectivity index (χ1n) is 11.2. The highest BCUT2D eigenvalue weighted by molar-refractivity contribution is 5.65. The highest BCUT2D eigenvalue weighted by Gasteiger charge is 2.41. The van der Waals surface area contributed by atoms with Crippen molar-refractivity contribution < 1.29 is 40.2 Å². The average molecular weight is 542 g/mol. The lowest BCUT2D eigenvalue weighted by atomic mass is 10.0. The van der Waals surface area contributed by atoms with E-state index >= 15 is 0 Å². The van der Waals surface area contributed by atoms with Crippen molar-refractivity contribution in [3.05, 3.63) is 131 Å². The quantitative estimate of drug-likeness (QED) is 0.102. The fourth-order valence-corrected chi connectivity index (χ4v) is 3.50. The molecule has 4 rings (SSSR count). The van der Waals surface area contributed by atoms with E-state index in [0.29, 0.717) is 30.1 Å². The predicted molar refractivity (Wildman–Crippen MR) is 131 cm³/mol. The molecule has 0 aliphatic carbocycles. The van der Waals surface area contributed by atoms with E-state index in [0.717, 1.165) is 11.1 Å². The summed E-state index contributed by atoms with van der Waals surface area (Å²) in [6, 6.07) is 15.7. The Morgan fingerprint density at radius 3 is 1.72 bits per heavy atom. The molecule has 0 aliphatic heterocycles. The molecule has 0 spiro atoms. The van der Waals surface area contributed by atoms with Crippen LogP contribution in [-0.2, 0) is 6.11 Å². The maximum atomic E-state index is 14.5. The molecule has 0 aromatic heterocycles. The van der Waals surface area contributed by atoms with Crippen molar-refractivity contribution in [1.29, 1.82) is 0 Å². The second-order valence-corrected chi connectivity index (χ2v) is 8.09. The lowest BCUT2D eigenvalue weighted by molar-refractivity contribution is -0.189. The second-order valence-electron chi connectivity index (χ2n) is 8.09. The van der Waals surface area contributed by atoms with Crippen LogP contribution in [0.2, 0.25) is 0 Å². The van der Waals surface area contributed by atoms with Crippen LogP contribution in [0.4, 0.5) is 30.7 Å². The molecule has 4 aromatic rings. The molecule has 0 fully saturated rings. The summed E-state index contributed by atoms with van der Waals surface area (Å²) >= 11 is 0. The highest BCUT2D eigenvalue weighted by atomic mass is 19.3. The molecule has 0 heterocycles. The van der Waals surface area contributed by atoms with Gasteiger partial charge >= 0.3 is 6.11 Å². The summed E-state index contributed by atoms with van der Waals surface area (Å²) in [5, 5.41) is 0. The molecule has 0 radical (unpaired) electrons. The lowest BCUT2D eigenvalue weighted by Gasteiger charge is -2.19. The van der Waals surface area contributed by atoms with Crippen LogP contribution in [0.3, 0.4) is 0 Å². The minimum Gasteiger partial charge on any atom is -0.490 e. The Balaban J connectivity index is 1.51. The number of benzene rings is 4. The number of hydrogen-bond acceptors (Lipinski definition) is 2. The van der Waals surface area contributed by atoms with Gasteiger partial charge in [-0.05, 0) is 47.5 Å². The van der Waals surface area contributed by atoms with Gasteiger partial charge in [-0.3, -0.25) is 0 Å². The first-order valence-corrected chi connectivity index (χ1v) is 11.2. The van der Waals surface area contributed by atoms with Crippen LogP contribution in [-0.4, -0.2) is 6.61 Å². The molecule has 39 heavy (non-hydrogen) atoms. The molecule has 2 nitrogen and oxygen atoms in total. The summed E-state index contributed by atoms with van der Waals surface area (Å²) in [5.74, 6) is -4.24. The number of hydrogen-bond donors (Lipinski definition) is 0. The van der Waals surface area contributed by atoms with Crippen LogP contribution < -0.4 is 9.47 Å². The Labute approximate surface area is 218 Å². The number of alkyl halides is 2. The highest BCUT2D eigenvalue weighted by Crippen LogP contribution is 2.36. The fourth-order valence-electron chi connectivity index (χ4n) is 3.50. The van der Waals surface area contributed by atoms with Crippen molar-refractivity contribution in [2.24, 2.45) is 0 Å². The van der Waals surface area contributed by atoms with E-state index in [1.807, 2.05) is 24.3 Å². The van der Waals surface area contributed by atoms with E-state index < -0.39 is 46.5 Å². The van der Waals surface area contributed by atoms with Gasteiger partial charge < -0.3 is 9.47 Å². The largest absolute Gasteiger partial charge is 0.490 e. The molecular weight excluding hydrogens is 525 g/mol. The molecule has 0 N–H and O–H groups in total. The van der Waals surface area contributed by atoms with Gasteiger partial charge in [0.1, 0.15) is 35.3 Å². The van der Waals surface area contributed by atoms with Gasteiger partial charge in [0.2, 0.25) is 0 Å². The van der Waals surface area contributed by atoms with Gasteiger partial charge in [-0.15, -0.1) is 0 Å². The third-order valence-electron chi connectivity index (χ3n) is 5.33. The summed E-state index contributed by atoms with van der Waals surface area (Å²) in [4.78, 5) is 0. The number of rotatable bonds is 7. The van der Waals surface area contributed by atoms with Crippen molar-refractivity contribution in [3.63, 3.8) is 0 Å². The van der Waals surface area contributed by atoms with E-state index in [1.165, 1.54) is 0 Å². The van der Waals surface area contributed by atoms with Gasteiger partial charge in [0.15, 0.2) is 17.5 Å². The molecule has 0 aliphatic rings. The van der Waals surface area contributed by atoms with Crippen LogP contribution in [0.1, 0.15) is 16.7 Å². The van der Waals surface area contributed by atoms with E-state index in [4.69, 9.17) is 4.74 Å². The average Bonchev–Trinajstić information content (AvgIpc) is 2.89. The van der Waals surface area contributed by atoms with E-state index in [2.05, 4.69) is 23.2 Å². The maximum absolute atomic E-state index is 14.5. The van der Waals surface area contributed by atoms with Gasteiger partial charge in [-0.25, -0.2) is 22.0 Å². The van der Waals surface area contributed by atoms with E-state index in [1.54, 1.807) is 30.3 Å². The van der Waals surface area contributed by atoms with Crippen molar-refractivity contribution in [1.82, 2.24) is 0 Å². The standard InChI is InChI=1S/C30H17F7O2/c1-2-13-38-22-11-9-21(10-12-22)20-7-5-18(6-8-20)3-4-19-14-24(31)28(25(32)15-19)30(36,37)39-23-16-26(33)29(35)27(34)17-23/h2,5-12,14-17H,1,13H2. The van der Waals surface area contributed by atoms with Crippen molar-refractivity contribution >= 4 is 0 Å². The monoisotopic (exact) mass is 542 g/mol. The van der Waals surface area contributed by atoms with Gasteiger partial charge in [-0.2, -0.15) is 8.78 Å². The molecule has 0 saturated carbocycles. The number of halogens is 7. The van der Waals surface area contributed by atoms with Gasteiger partial charge in [0, 0.05) is 23.3 Å². The fraction of sp³-hybridized carbons (Fsp3) is 0.0667. The van der Waals surface area contributed by atoms with Crippen molar-refractivity contribution in [2.75, 3.05) is 6.61 Å². The molecule has 4 aromatic carbocycles. The van der Waals surface area contributed by atoms with Gasteiger partial charge in [0.05, 0.1) is 0 Å². The third kappa shape index (κ3) is 6.41. The first-order chi connectivity index (χ1) is 18.6. The molecule has 198 valence electrons. The zero-order chi connectivity index (χ0) is 28.2. The maximum Gasteiger partial charge on any atom is 0.432 e. The van der Waals surface area contributed by atoms with Crippen LogP contribution in [0.15, 0.2) is 85.5 Å². The van der Waals surface area contributed by atoms with Crippen LogP contribution >= 0.6 is 0 Å². The Bertz CT molecular complexity index is 1520. The zero-order valence-corrected chi connectivity index (χ0v) is 19.9. The molecule has 0 saturated heterocycles. The van der Waals surface area contributed by atoms with Gasteiger partial charge in [-0.1, -0.05) is 48.8 Å². The Morgan fingerprint density at radius 1 is 0.667 bits per heavy atom. The number of ether oxygens (including phenoxy) is 2. The smallest absolute Gasteiger partial charge is 0.432 e. The normalized spacial score (nSPS) is 10.9. The van der Waals surface area contributed by atoms with Crippen LogP contribution in [0, 0.1) is 40.9 Å². The minimum absolute atomic E-state index is 0.126. The van der Waals surface area contributed by atoms with E-state index in [9.17, 15) is 30.7 Å². The Morgan fingerprint density at radius 2 is 1.18 bits per heavy atom. The molecule has 0 unspecified atom stereocenters. The van der Waals surface area contributed by atoms with E-state index in [-0.39, 0.29) is 17.7 Å². The molecule has 9 heteroatoms. The van der Waals surface area contributed by atoms with Gasteiger partial charge in [0.25, 0.3) is 0 Å². The summed E-state index contributed by atoms with van der Waals surface area (Å²) in [7, 11) is 0. The summed E-state index contributed by atoms with van der Waals surface area (Å²) in [6.07, 6.45) is -3.04. The molecule has 0 bridgehead atoms. The molecule has 0 atom stereocenters. The van der Waals surface area contributed by atoms with Crippen molar-refractivity contribution in [2.45, 2.75) is 6.11 Å². The second kappa shape index (κ2) is 11.4. The van der Waals surface area contributed by atoms with Crippen molar-refractivity contribution in [3.8, 4) is 34.5 Å². The minimum atomic E-state index is -4.68. The topological polar surface area (TPSA) is 18.5 Å². The summed E-state index contributed by atoms with van der Waals surface area (Å²) in [6.45, 7) is 3.97. The Hall–Kier alpha value is -4.71. The summed E-state index contributed by atoms with van der Waals surface area (Å²) < 4.78 is 107. The Kier molecular flexibility index (Phi) is 7.96. The third-order valence-corrected chi connectivity index (χ3v) is 5.33. The molecular formula is C30H17F7O2. The lowest BCUT2D eigenvalue weighted by Crippen LogP contribution is -2.25. The van der Waals surface area contributed by atoms with Crippen LogP contribution in [0.5, 0.6) is 11.5 Å².